The van der Waals surface area contributed by atoms with Gasteiger partial charge < -0.3 is 19.2 Å². The van der Waals surface area contributed by atoms with Crippen LogP contribution in [0.5, 0.6) is 5.75 Å². The van der Waals surface area contributed by atoms with Crippen molar-refractivity contribution in [2.45, 2.75) is 39.0 Å². The number of benzene rings is 2. The van der Waals surface area contributed by atoms with E-state index in [9.17, 15) is 4.79 Å². The highest BCUT2D eigenvalue weighted by Crippen LogP contribution is 2.22. The molecule has 0 aliphatic carbocycles. The molecule has 0 amide bonds. The lowest BCUT2D eigenvalue weighted by Gasteiger charge is -2.20. The van der Waals surface area contributed by atoms with Gasteiger partial charge in [-0.1, -0.05) is 38.0 Å². The fourth-order valence-corrected chi connectivity index (χ4v) is 3.16. The second kappa shape index (κ2) is 10.5. The minimum absolute atomic E-state index is 0.237. The SMILES string of the molecule is CCCCCN(CCCCOc1cccc(C(=O)O)c1)c1nc2ccccc2o1. The monoisotopic (exact) mass is 396 g/mol. The van der Waals surface area contributed by atoms with Gasteiger partial charge in [0.1, 0.15) is 11.3 Å². The van der Waals surface area contributed by atoms with Gasteiger partial charge >= 0.3 is 5.97 Å². The topological polar surface area (TPSA) is 75.8 Å². The molecule has 0 unspecified atom stereocenters. The quantitative estimate of drug-likeness (QED) is 0.414. The van der Waals surface area contributed by atoms with E-state index >= 15 is 0 Å². The first-order chi connectivity index (χ1) is 14.2. The minimum atomic E-state index is -0.948. The first-order valence-corrected chi connectivity index (χ1v) is 10.2. The summed E-state index contributed by atoms with van der Waals surface area (Å²) in [6.07, 6.45) is 5.25. The van der Waals surface area contributed by atoms with E-state index in [0.717, 1.165) is 43.5 Å². The van der Waals surface area contributed by atoms with Crippen LogP contribution >= 0.6 is 0 Å². The molecule has 3 rings (SSSR count). The number of aromatic carboxylic acids is 1. The number of carbonyl (C=O) groups is 1. The van der Waals surface area contributed by atoms with Crippen LogP contribution in [0.25, 0.3) is 11.1 Å². The molecule has 6 heteroatoms. The minimum Gasteiger partial charge on any atom is -0.494 e. The lowest BCUT2D eigenvalue weighted by Crippen LogP contribution is -2.26. The number of nitrogens with zero attached hydrogens (tertiary/aromatic N) is 2. The van der Waals surface area contributed by atoms with Gasteiger partial charge in [-0.3, -0.25) is 0 Å². The highest BCUT2D eigenvalue weighted by atomic mass is 16.5. The zero-order valence-electron chi connectivity index (χ0n) is 16.8. The summed E-state index contributed by atoms with van der Waals surface area (Å²) in [5, 5.41) is 9.05. The maximum Gasteiger partial charge on any atom is 0.335 e. The molecule has 0 aliphatic heterocycles. The molecule has 0 saturated carbocycles. The molecule has 29 heavy (non-hydrogen) atoms. The lowest BCUT2D eigenvalue weighted by atomic mass is 10.2. The van der Waals surface area contributed by atoms with Gasteiger partial charge in [0.25, 0.3) is 6.01 Å². The smallest absolute Gasteiger partial charge is 0.335 e. The Morgan fingerprint density at radius 3 is 2.62 bits per heavy atom. The fraction of sp³-hybridized carbons (Fsp3) is 0.391. The third-order valence-corrected chi connectivity index (χ3v) is 4.76. The number of carboxylic acid groups (broad SMARTS) is 1. The van der Waals surface area contributed by atoms with Gasteiger partial charge in [-0.15, -0.1) is 0 Å². The van der Waals surface area contributed by atoms with Crippen molar-refractivity contribution in [2.75, 3.05) is 24.6 Å². The molecule has 0 fully saturated rings. The van der Waals surface area contributed by atoms with E-state index in [-0.39, 0.29) is 5.56 Å². The Bertz CT molecular complexity index is 889. The first-order valence-electron chi connectivity index (χ1n) is 10.2. The summed E-state index contributed by atoms with van der Waals surface area (Å²) in [6, 6.07) is 15.1. The van der Waals surface area contributed by atoms with Crippen molar-refractivity contribution in [1.82, 2.24) is 4.98 Å². The van der Waals surface area contributed by atoms with Crippen LogP contribution in [0.15, 0.2) is 52.9 Å². The Balaban J connectivity index is 1.51. The molecule has 0 atom stereocenters. The zero-order valence-corrected chi connectivity index (χ0v) is 16.8. The van der Waals surface area contributed by atoms with Gasteiger partial charge in [-0.05, 0) is 49.6 Å². The number of unbranched alkanes of at least 4 members (excludes halogenated alkanes) is 3. The van der Waals surface area contributed by atoms with E-state index in [4.69, 9.17) is 14.3 Å². The van der Waals surface area contributed by atoms with Crippen LogP contribution in [-0.4, -0.2) is 35.8 Å². The predicted octanol–water partition coefficient (Wildman–Crippen LogP) is 5.38. The summed E-state index contributed by atoms with van der Waals surface area (Å²) in [4.78, 5) is 17.9. The average molecular weight is 396 g/mol. The number of oxazole rings is 1. The number of hydrogen-bond acceptors (Lipinski definition) is 5. The number of para-hydroxylation sites is 2. The summed E-state index contributed by atoms with van der Waals surface area (Å²) < 4.78 is 11.7. The van der Waals surface area contributed by atoms with E-state index in [1.165, 1.54) is 12.8 Å². The second-order valence-electron chi connectivity index (χ2n) is 7.05. The molecular weight excluding hydrogens is 368 g/mol. The molecule has 0 saturated heterocycles. The van der Waals surface area contributed by atoms with Gasteiger partial charge in [0.05, 0.1) is 12.2 Å². The molecule has 0 spiro atoms. The highest BCUT2D eigenvalue weighted by Gasteiger charge is 2.13. The summed E-state index contributed by atoms with van der Waals surface area (Å²) >= 11 is 0. The third-order valence-electron chi connectivity index (χ3n) is 4.76. The van der Waals surface area contributed by atoms with E-state index in [1.807, 2.05) is 24.3 Å². The first kappa shape index (κ1) is 20.7. The van der Waals surface area contributed by atoms with Crippen molar-refractivity contribution in [3.8, 4) is 5.75 Å². The van der Waals surface area contributed by atoms with Crippen LogP contribution in [-0.2, 0) is 0 Å². The van der Waals surface area contributed by atoms with Crippen molar-refractivity contribution >= 4 is 23.1 Å². The van der Waals surface area contributed by atoms with E-state index in [2.05, 4.69) is 16.8 Å². The molecule has 2 aromatic carbocycles. The zero-order chi connectivity index (χ0) is 20.5. The summed E-state index contributed by atoms with van der Waals surface area (Å²) in [5.41, 5.74) is 1.93. The summed E-state index contributed by atoms with van der Waals surface area (Å²) in [5.74, 6) is -0.361. The number of aromatic nitrogens is 1. The van der Waals surface area contributed by atoms with Gasteiger partial charge in [0.2, 0.25) is 0 Å². The van der Waals surface area contributed by atoms with E-state index in [1.54, 1.807) is 24.3 Å². The molecule has 154 valence electrons. The molecule has 1 heterocycles. The predicted molar refractivity (Wildman–Crippen MR) is 114 cm³/mol. The average Bonchev–Trinajstić information content (AvgIpc) is 3.16. The van der Waals surface area contributed by atoms with Gasteiger partial charge in [-0.2, -0.15) is 4.98 Å². The van der Waals surface area contributed by atoms with Crippen molar-refractivity contribution in [2.24, 2.45) is 0 Å². The standard InChI is InChI=1S/C23H28N2O4/c1-2-3-6-14-25(23-24-20-12-4-5-13-21(20)29-23)15-7-8-16-28-19-11-9-10-18(17-19)22(26)27/h4-5,9-13,17H,2-3,6-8,14-16H2,1H3,(H,26,27). The van der Waals surface area contributed by atoms with Crippen LogP contribution in [0, 0.1) is 0 Å². The van der Waals surface area contributed by atoms with Gasteiger partial charge in [-0.25, -0.2) is 4.79 Å². The second-order valence-corrected chi connectivity index (χ2v) is 7.05. The molecular formula is C23H28N2O4. The van der Waals surface area contributed by atoms with Gasteiger partial charge in [0, 0.05) is 13.1 Å². The van der Waals surface area contributed by atoms with Crippen LogP contribution in [0.2, 0.25) is 0 Å². The Kier molecular flexibility index (Phi) is 7.50. The Morgan fingerprint density at radius 2 is 1.86 bits per heavy atom. The number of carboxylic acids is 1. The maximum absolute atomic E-state index is 11.0. The number of fused-ring (bicyclic) bond motifs is 1. The molecule has 0 aliphatic rings. The van der Waals surface area contributed by atoms with E-state index in [0.29, 0.717) is 18.4 Å². The van der Waals surface area contributed by atoms with Crippen LogP contribution in [0.1, 0.15) is 49.4 Å². The molecule has 1 aromatic heterocycles. The van der Waals surface area contributed by atoms with Gasteiger partial charge in [0.15, 0.2) is 5.58 Å². The largest absolute Gasteiger partial charge is 0.494 e. The number of hydrogen-bond donors (Lipinski definition) is 1. The fourth-order valence-electron chi connectivity index (χ4n) is 3.16. The van der Waals surface area contributed by atoms with Crippen LogP contribution < -0.4 is 9.64 Å². The highest BCUT2D eigenvalue weighted by molar-refractivity contribution is 5.88. The molecule has 3 aromatic rings. The number of anilines is 1. The van der Waals surface area contributed by atoms with Crippen LogP contribution in [0.3, 0.4) is 0 Å². The molecule has 0 radical (unpaired) electrons. The van der Waals surface area contributed by atoms with E-state index < -0.39 is 5.97 Å². The third kappa shape index (κ3) is 5.98. The number of ether oxygens (including phenoxy) is 1. The Labute approximate surface area is 171 Å². The van der Waals surface area contributed by atoms with Crippen molar-refractivity contribution in [3.63, 3.8) is 0 Å². The van der Waals surface area contributed by atoms with Crippen molar-refractivity contribution < 1.29 is 19.1 Å². The normalized spacial score (nSPS) is 10.9. The lowest BCUT2D eigenvalue weighted by molar-refractivity contribution is 0.0696. The van der Waals surface area contributed by atoms with Crippen LogP contribution in [0.4, 0.5) is 6.01 Å². The molecule has 1 N–H and O–H groups in total. The number of rotatable bonds is 12. The summed E-state index contributed by atoms with van der Waals surface area (Å²) in [7, 11) is 0. The summed E-state index contributed by atoms with van der Waals surface area (Å²) in [6.45, 7) is 4.50. The Morgan fingerprint density at radius 1 is 1.07 bits per heavy atom. The van der Waals surface area contributed by atoms with Crippen molar-refractivity contribution in [3.05, 3.63) is 54.1 Å². The van der Waals surface area contributed by atoms with Crippen molar-refractivity contribution in [1.29, 1.82) is 0 Å². The maximum atomic E-state index is 11.0. The Hall–Kier alpha value is -3.02. The molecule has 6 nitrogen and oxygen atoms in total. The molecule has 0 bridgehead atoms.